The lowest BCUT2D eigenvalue weighted by Crippen LogP contribution is -2.43. The molecule has 1 atom stereocenters. The summed E-state index contributed by atoms with van der Waals surface area (Å²) in [5, 5.41) is 15.7. The van der Waals surface area contributed by atoms with Crippen LogP contribution in [0.1, 0.15) is 19.3 Å². The van der Waals surface area contributed by atoms with E-state index in [0.29, 0.717) is 0 Å². The molecule has 2 aliphatic rings. The van der Waals surface area contributed by atoms with Gasteiger partial charge in [0.15, 0.2) is 5.82 Å². The van der Waals surface area contributed by atoms with Crippen molar-refractivity contribution in [1.82, 2.24) is 15.1 Å². The van der Waals surface area contributed by atoms with Crippen molar-refractivity contribution in [3.8, 4) is 11.3 Å². The topological polar surface area (TPSA) is 95.9 Å². The highest BCUT2D eigenvalue weighted by Gasteiger charge is 2.50. The molecule has 0 radical (unpaired) electrons. The Morgan fingerprint density at radius 2 is 1.83 bits per heavy atom. The zero-order valence-corrected chi connectivity index (χ0v) is 17.4. The third-order valence-electron chi connectivity index (χ3n) is 5.66. The van der Waals surface area contributed by atoms with Crippen molar-refractivity contribution in [3.63, 3.8) is 0 Å². The van der Waals surface area contributed by atoms with E-state index in [1.165, 1.54) is 0 Å². The molecule has 1 N–H and O–H groups in total. The highest BCUT2D eigenvalue weighted by atomic mass is 16.6. The van der Waals surface area contributed by atoms with Crippen LogP contribution in [0.3, 0.4) is 0 Å². The molecular weight excluding hydrogens is 384 g/mol. The number of piperidine rings is 1. The normalized spacial score (nSPS) is 19.9. The van der Waals surface area contributed by atoms with E-state index in [9.17, 15) is 4.79 Å². The molecule has 160 valence electrons. The van der Waals surface area contributed by atoms with Crippen LogP contribution in [0.5, 0.6) is 0 Å². The summed E-state index contributed by atoms with van der Waals surface area (Å²) in [6.07, 6.45) is 2.48. The first kappa shape index (κ1) is 21.7. The average molecular weight is 412 g/mol. The molecule has 0 bridgehead atoms. The van der Waals surface area contributed by atoms with Gasteiger partial charge in [-0.15, -0.1) is 10.2 Å². The number of nitrogens with zero attached hydrogens (tertiary/aromatic N) is 4. The second kappa shape index (κ2) is 9.67. The van der Waals surface area contributed by atoms with E-state index in [2.05, 4.69) is 20.0 Å². The van der Waals surface area contributed by atoms with Crippen molar-refractivity contribution in [2.45, 2.75) is 25.4 Å². The van der Waals surface area contributed by atoms with E-state index in [4.69, 9.17) is 14.6 Å². The van der Waals surface area contributed by atoms with Gasteiger partial charge < -0.3 is 19.6 Å². The number of carboxylic acid groups (broad SMARTS) is 1. The Balaban J connectivity index is 0.000000806. The first-order valence-electron chi connectivity index (χ1n) is 10.1. The molecule has 30 heavy (non-hydrogen) atoms. The van der Waals surface area contributed by atoms with Gasteiger partial charge in [-0.1, -0.05) is 30.3 Å². The zero-order chi connectivity index (χ0) is 21.6. The van der Waals surface area contributed by atoms with Gasteiger partial charge in [0.25, 0.3) is 6.47 Å². The molecule has 2 aromatic rings. The van der Waals surface area contributed by atoms with Crippen LogP contribution in [0.15, 0.2) is 42.5 Å². The number of esters is 1. The lowest BCUT2D eigenvalue weighted by Gasteiger charge is -2.37. The third-order valence-corrected chi connectivity index (χ3v) is 5.66. The smallest absolute Gasteiger partial charge is 0.312 e. The molecule has 1 aromatic carbocycles. The summed E-state index contributed by atoms with van der Waals surface area (Å²) in [4.78, 5) is 25.2. The van der Waals surface area contributed by atoms with E-state index in [-0.39, 0.29) is 24.0 Å². The predicted octanol–water partition coefficient (Wildman–Crippen LogP) is 2.31. The fraction of sp³-hybridized carbons (Fsp3) is 0.455. The lowest BCUT2D eigenvalue weighted by molar-refractivity contribution is -0.150. The second-order valence-electron chi connectivity index (χ2n) is 8.01. The molecule has 2 saturated heterocycles. The largest absolute Gasteiger partial charge is 0.483 e. The van der Waals surface area contributed by atoms with Crippen LogP contribution in [0.25, 0.3) is 11.3 Å². The van der Waals surface area contributed by atoms with Gasteiger partial charge in [0.05, 0.1) is 11.1 Å². The van der Waals surface area contributed by atoms with Gasteiger partial charge in [-0.25, -0.2) is 0 Å². The monoisotopic (exact) mass is 412 g/mol. The molecule has 8 heteroatoms. The summed E-state index contributed by atoms with van der Waals surface area (Å²) >= 11 is 0. The Bertz CT molecular complexity index is 834. The minimum absolute atomic E-state index is 0.0143. The minimum Gasteiger partial charge on any atom is -0.483 e. The molecule has 3 heterocycles. The predicted molar refractivity (Wildman–Crippen MR) is 113 cm³/mol. The summed E-state index contributed by atoms with van der Waals surface area (Å²) in [6.45, 7) is 2.16. The molecule has 0 amide bonds. The maximum atomic E-state index is 12.5. The molecule has 4 rings (SSSR count). The highest BCUT2D eigenvalue weighted by Crippen LogP contribution is 2.43. The Hall–Kier alpha value is -3.00. The Kier molecular flexibility index (Phi) is 6.99. The molecule has 1 aromatic heterocycles. The van der Waals surface area contributed by atoms with Gasteiger partial charge >= 0.3 is 5.97 Å². The zero-order valence-electron chi connectivity index (χ0n) is 17.4. The Morgan fingerprint density at radius 3 is 2.40 bits per heavy atom. The fourth-order valence-electron chi connectivity index (χ4n) is 4.18. The number of hydrogen-bond acceptors (Lipinski definition) is 7. The standard InChI is InChI=1S/C21H26N4O2.CH2O2/c1-24(2)15-17-14-21(20(26)27-17)10-12-25(13-11-21)19-9-8-18(22-23-19)16-6-4-3-5-7-16;2-1-3/h3-9,17H,10-15H2,1-2H3;1H,(H,2,3). The van der Waals surface area contributed by atoms with E-state index >= 15 is 0 Å². The maximum Gasteiger partial charge on any atom is 0.312 e. The Labute approximate surface area is 176 Å². The summed E-state index contributed by atoms with van der Waals surface area (Å²) in [5.74, 6) is 0.861. The van der Waals surface area contributed by atoms with Gasteiger partial charge in [0, 0.05) is 31.6 Å². The molecular formula is C22H28N4O4. The number of likely N-dealkylation sites (N-methyl/N-ethyl adjacent to an activating group) is 1. The number of ether oxygens (including phenoxy) is 1. The van der Waals surface area contributed by atoms with Gasteiger partial charge in [-0.2, -0.15) is 0 Å². The van der Waals surface area contributed by atoms with Crippen molar-refractivity contribution < 1.29 is 19.4 Å². The SMILES string of the molecule is CN(C)CC1CC2(CCN(c3ccc(-c4ccccc4)nn3)CC2)C(=O)O1.O=CO. The van der Waals surface area contributed by atoms with Crippen molar-refractivity contribution in [2.24, 2.45) is 5.41 Å². The Morgan fingerprint density at radius 1 is 1.17 bits per heavy atom. The average Bonchev–Trinajstić information content (AvgIpc) is 3.03. The van der Waals surface area contributed by atoms with Crippen molar-refractivity contribution >= 4 is 18.3 Å². The number of benzene rings is 1. The number of anilines is 1. The number of carbonyl (C=O) groups excluding carboxylic acids is 1. The molecule has 8 nitrogen and oxygen atoms in total. The van der Waals surface area contributed by atoms with E-state index in [1.54, 1.807) is 0 Å². The fourth-order valence-corrected chi connectivity index (χ4v) is 4.18. The quantitative estimate of drug-likeness (QED) is 0.604. The van der Waals surface area contributed by atoms with Gasteiger partial charge in [-0.05, 0) is 39.1 Å². The van der Waals surface area contributed by atoms with E-state index < -0.39 is 0 Å². The molecule has 2 aliphatic heterocycles. The summed E-state index contributed by atoms with van der Waals surface area (Å²) < 4.78 is 5.64. The highest BCUT2D eigenvalue weighted by molar-refractivity contribution is 5.79. The van der Waals surface area contributed by atoms with Crippen LogP contribution in [0.2, 0.25) is 0 Å². The van der Waals surface area contributed by atoms with Crippen LogP contribution >= 0.6 is 0 Å². The number of hydrogen-bond donors (Lipinski definition) is 1. The van der Waals surface area contributed by atoms with Crippen LogP contribution in [0, 0.1) is 5.41 Å². The number of cyclic esters (lactones) is 1. The van der Waals surface area contributed by atoms with Crippen molar-refractivity contribution in [2.75, 3.05) is 38.6 Å². The van der Waals surface area contributed by atoms with Crippen molar-refractivity contribution in [3.05, 3.63) is 42.5 Å². The molecule has 0 saturated carbocycles. The molecule has 2 fully saturated rings. The summed E-state index contributed by atoms with van der Waals surface area (Å²) in [6, 6.07) is 14.1. The van der Waals surface area contributed by atoms with Crippen molar-refractivity contribution in [1.29, 1.82) is 0 Å². The van der Waals surface area contributed by atoms with Gasteiger partial charge in [0.2, 0.25) is 0 Å². The van der Waals surface area contributed by atoms with Crippen LogP contribution in [-0.2, 0) is 14.3 Å². The second-order valence-corrected chi connectivity index (χ2v) is 8.01. The maximum absolute atomic E-state index is 12.5. The van der Waals surface area contributed by atoms with E-state index in [1.807, 2.05) is 56.6 Å². The first-order chi connectivity index (χ1) is 14.5. The molecule has 1 spiro atoms. The number of rotatable bonds is 4. The molecule has 0 aliphatic carbocycles. The number of aromatic nitrogens is 2. The summed E-state index contributed by atoms with van der Waals surface area (Å²) in [5.41, 5.74) is 1.63. The van der Waals surface area contributed by atoms with Gasteiger partial charge in [-0.3, -0.25) is 9.59 Å². The first-order valence-corrected chi connectivity index (χ1v) is 10.1. The number of carbonyl (C=O) groups is 2. The lowest BCUT2D eigenvalue weighted by atomic mass is 9.76. The van der Waals surface area contributed by atoms with E-state index in [0.717, 1.165) is 56.0 Å². The van der Waals surface area contributed by atoms with Crippen LogP contribution in [-0.4, -0.2) is 72.5 Å². The third kappa shape index (κ3) is 4.94. The van der Waals surface area contributed by atoms with Gasteiger partial charge in [0.1, 0.15) is 6.10 Å². The minimum atomic E-state index is -0.311. The molecule has 1 unspecified atom stereocenters. The summed E-state index contributed by atoms with van der Waals surface area (Å²) in [7, 11) is 4.03. The van der Waals surface area contributed by atoms with Crippen LogP contribution in [0.4, 0.5) is 5.82 Å². The van der Waals surface area contributed by atoms with Crippen LogP contribution < -0.4 is 4.90 Å².